The molecule has 35 heavy (non-hydrogen) atoms. The van der Waals surface area contributed by atoms with Gasteiger partial charge in [-0.25, -0.2) is 9.97 Å². The van der Waals surface area contributed by atoms with E-state index in [0.29, 0.717) is 16.9 Å². The van der Waals surface area contributed by atoms with Crippen molar-refractivity contribution in [3.05, 3.63) is 41.9 Å². The molecule has 1 aromatic carbocycles. The summed E-state index contributed by atoms with van der Waals surface area (Å²) in [4.78, 5) is 9.09. The van der Waals surface area contributed by atoms with E-state index in [-0.39, 0.29) is 5.60 Å². The fraction of sp³-hybridized carbons (Fsp3) is 0.688. The number of aryl methyl sites for hydroxylation is 1. The van der Waals surface area contributed by atoms with E-state index >= 15 is 0 Å². The van der Waals surface area contributed by atoms with Crippen molar-refractivity contribution in [2.75, 3.05) is 0 Å². The summed E-state index contributed by atoms with van der Waals surface area (Å²) in [5.74, 6) is 4.24. The lowest BCUT2D eigenvalue weighted by Crippen LogP contribution is -2.54. The van der Waals surface area contributed by atoms with Gasteiger partial charge < -0.3 is 4.74 Å². The van der Waals surface area contributed by atoms with Crippen LogP contribution in [0.3, 0.4) is 0 Å². The molecule has 0 aliphatic heterocycles. The fourth-order valence-corrected chi connectivity index (χ4v) is 9.13. The zero-order valence-electron chi connectivity index (χ0n) is 22.7. The predicted molar refractivity (Wildman–Crippen MR) is 144 cm³/mol. The second-order valence-corrected chi connectivity index (χ2v) is 13.8. The maximum Gasteiger partial charge on any atom is 0.125 e. The molecule has 0 N–H and O–H groups in total. The van der Waals surface area contributed by atoms with Gasteiger partial charge in [0.1, 0.15) is 5.82 Å². The van der Waals surface area contributed by atoms with Gasteiger partial charge in [0.15, 0.2) is 0 Å². The molecule has 6 rings (SSSR count). The SMILES string of the molecule is Cc1ncc2cc(C3=CC[C@H]4[C@@H]5CC[C@H]6C[C@@H](OC(C)(C)C)CC[C@]6(C)[C@H]5CC[C@]34C)ccc2n1. The van der Waals surface area contributed by atoms with Gasteiger partial charge in [-0.1, -0.05) is 26.0 Å². The molecular formula is C32H44N2O. The lowest BCUT2D eigenvalue weighted by molar-refractivity contribution is -0.148. The van der Waals surface area contributed by atoms with Crippen molar-refractivity contribution < 1.29 is 4.74 Å². The molecule has 4 aliphatic carbocycles. The number of allylic oxidation sites excluding steroid dienone is 2. The third-order valence-corrected chi connectivity index (χ3v) is 10.7. The molecular weight excluding hydrogens is 428 g/mol. The van der Waals surface area contributed by atoms with Crippen molar-refractivity contribution in [3.63, 3.8) is 0 Å². The highest BCUT2D eigenvalue weighted by molar-refractivity contribution is 5.84. The Morgan fingerprint density at radius 2 is 1.83 bits per heavy atom. The van der Waals surface area contributed by atoms with Crippen LogP contribution in [0.4, 0.5) is 0 Å². The van der Waals surface area contributed by atoms with Crippen LogP contribution in [-0.4, -0.2) is 21.7 Å². The highest BCUT2D eigenvalue weighted by atomic mass is 16.5. The van der Waals surface area contributed by atoms with Gasteiger partial charge in [0.25, 0.3) is 0 Å². The molecule has 3 heteroatoms. The summed E-state index contributed by atoms with van der Waals surface area (Å²) in [6.07, 6.45) is 15.7. The minimum atomic E-state index is -0.0259. The first-order valence-electron chi connectivity index (χ1n) is 14.2. The molecule has 0 spiro atoms. The van der Waals surface area contributed by atoms with Gasteiger partial charge in [-0.05, 0) is 137 Å². The Labute approximate surface area is 212 Å². The Bertz CT molecular complexity index is 1160. The Morgan fingerprint density at radius 3 is 2.63 bits per heavy atom. The number of nitrogens with zero attached hydrogens (tertiary/aromatic N) is 2. The molecule has 0 amide bonds. The van der Waals surface area contributed by atoms with Crippen molar-refractivity contribution in [1.29, 1.82) is 0 Å². The fourth-order valence-electron chi connectivity index (χ4n) is 9.13. The molecule has 0 bridgehead atoms. The standard InChI is InChI=1S/C32H44N2O/c1-20-33-19-22-17-21(7-12-29(22)34-20)26-10-11-27-25-9-8-23-18-24(35-30(2,3)4)13-15-31(23,5)28(25)14-16-32(26,27)6/h7,10,12,17,19,23-25,27-28H,8-9,11,13-16,18H2,1-6H3/t23-,24-,25-,27-,28-,31-,32+/m0/s1. The summed E-state index contributed by atoms with van der Waals surface area (Å²) in [5.41, 5.74) is 4.83. The topological polar surface area (TPSA) is 35.0 Å². The van der Waals surface area contributed by atoms with Crippen LogP contribution in [0.1, 0.15) is 97.4 Å². The molecule has 1 aromatic heterocycles. The normalized spacial score (nSPS) is 39.0. The zero-order chi connectivity index (χ0) is 24.6. The highest BCUT2D eigenvalue weighted by Gasteiger charge is 2.58. The van der Waals surface area contributed by atoms with Crippen LogP contribution >= 0.6 is 0 Å². The van der Waals surface area contributed by atoms with Gasteiger partial charge in [0.2, 0.25) is 0 Å². The van der Waals surface area contributed by atoms with E-state index in [1.807, 2.05) is 13.1 Å². The van der Waals surface area contributed by atoms with Gasteiger partial charge >= 0.3 is 0 Å². The number of ether oxygens (including phenoxy) is 1. The molecule has 3 saturated carbocycles. The maximum absolute atomic E-state index is 6.48. The van der Waals surface area contributed by atoms with Crippen molar-refractivity contribution in [3.8, 4) is 0 Å². The van der Waals surface area contributed by atoms with Gasteiger partial charge in [-0.2, -0.15) is 0 Å². The zero-order valence-corrected chi connectivity index (χ0v) is 22.7. The quantitative estimate of drug-likeness (QED) is 0.442. The molecule has 3 nitrogen and oxygen atoms in total. The Kier molecular flexibility index (Phi) is 5.49. The van der Waals surface area contributed by atoms with Crippen LogP contribution in [0.25, 0.3) is 16.5 Å². The smallest absolute Gasteiger partial charge is 0.125 e. The van der Waals surface area contributed by atoms with Crippen molar-refractivity contribution in [1.82, 2.24) is 9.97 Å². The molecule has 3 fully saturated rings. The third kappa shape index (κ3) is 3.88. The van der Waals surface area contributed by atoms with Gasteiger partial charge in [-0.3, -0.25) is 0 Å². The molecule has 188 valence electrons. The molecule has 2 aromatic rings. The number of benzene rings is 1. The van der Waals surface area contributed by atoms with E-state index in [0.717, 1.165) is 40.4 Å². The second-order valence-electron chi connectivity index (χ2n) is 13.8. The molecule has 0 saturated heterocycles. The minimum absolute atomic E-state index is 0.0259. The average Bonchev–Trinajstić information content (AvgIpc) is 3.15. The molecule has 0 unspecified atom stereocenters. The number of hydrogen-bond acceptors (Lipinski definition) is 3. The predicted octanol–water partition coefficient (Wildman–Crippen LogP) is 8.16. The third-order valence-electron chi connectivity index (χ3n) is 10.7. The van der Waals surface area contributed by atoms with E-state index in [9.17, 15) is 0 Å². The summed E-state index contributed by atoms with van der Waals surface area (Å²) in [6, 6.07) is 6.86. The van der Waals surface area contributed by atoms with E-state index in [2.05, 4.69) is 68.9 Å². The summed E-state index contributed by atoms with van der Waals surface area (Å²) < 4.78 is 6.48. The number of fused-ring (bicyclic) bond motifs is 6. The Morgan fingerprint density at radius 1 is 1.00 bits per heavy atom. The van der Waals surface area contributed by atoms with E-state index in [4.69, 9.17) is 4.74 Å². The van der Waals surface area contributed by atoms with Gasteiger partial charge in [0, 0.05) is 11.6 Å². The average molecular weight is 473 g/mol. The maximum atomic E-state index is 6.48. The Balaban J connectivity index is 1.23. The van der Waals surface area contributed by atoms with Crippen LogP contribution in [-0.2, 0) is 4.74 Å². The molecule has 4 aliphatic rings. The number of aromatic nitrogens is 2. The van der Waals surface area contributed by atoms with Crippen LogP contribution in [0.2, 0.25) is 0 Å². The molecule has 7 atom stereocenters. The minimum Gasteiger partial charge on any atom is -0.373 e. The van der Waals surface area contributed by atoms with Crippen LogP contribution in [0.5, 0.6) is 0 Å². The van der Waals surface area contributed by atoms with Crippen molar-refractivity contribution in [2.45, 2.75) is 105 Å². The largest absolute Gasteiger partial charge is 0.373 e. The second kappa shape index (κ2) is 8.13. The van der Waals surface area contributed by atoms with Crippen LogP contribution in [0, 0.1) is 41.4 Å². The van der Waals surface area contributed by atoms with E-state index in [1.54, 1.807) is 5.57 Å². The van der Waals surface area contributed by atoms with E-state index in [1.165, 1.54) is 56.9 Å². The summed E-state index contributed by atoms with van der Waals surface area (Å²) in [7, 11) is 0. The number of hydrogen-bond donors (Lipinski definition) is 0. The molecule has 0 radical (unpaired) electrons. The van der Waals surface area contributed by atoms with Gasteiger partial charge in [-0.15, -0.1) is 0 Å². The first-order valence-corrected chi connectivity index (χ1v) is 14.2. The van der Waals surface area contributed by atoms with Gasteiger partial charge in [0.05, 0.1) is 17.2 Å². The Hall–Kier alpha value is -1.74. The van der Waals surface area contributed by atoms with E-state index < -0.39 is 0 Å². The summed E-state index contributed by atoms with van der Waals surface area (Å²) >= 11 is 0. The summed E-state index contributed by atoms with van der Waals surface area (Å²) in [6.45, 7) is 13.9. The first-order chi connectivity index (χ1) is 16.6. The lowest BCUT2D eigenvalue weighted by atomic mass is 9.44. The molecule has 1 heterocycles. The first kappa shape index (κ1) is 23.6. The van der Waals surface area contributed by atoms with Crippen molar-refractivity contribution >= 4 is 16.5 Å². The monoisotopic (exact) mass is 472 g/mol. The highest BCUT2D eigenvalue weighted by Crippen LogP contribution is 2.67. The lowest BCUT2D eigenvalue weighted by Gasteiger charge is -2.61. The summed E-state index contributed by atoms with van der Waals surface area (Å²) in [5, 5.41) is 1.16. The van der Waals surface area contributed by atoms with Crippen LogP contribution < -0.4 is 0 Å². The number of rotatable bonds is 2. The van der Waals surface area contributed by atoms with Crippen molar-refractivity contribution in [2.24, 2.45) is 34.5 Å². The van der Waals surface area contributed by atoms with Crippen LogP contribution in [0.15, 0.2) is 30.5 Å².